The van der Waals surface area contributed by atoms with Crippen molar-refractivity contribution in [3.05, 3.63) is 35.4 Å². The molecule has 3 N–H and O–H groups in total. The highest BCUT2D eigenvalue weighted by atomic mass is 19.4. The third kappa shape index (κ3) is 5.44. The molecule has 140 valence electrons. The Morgan fingerprint density at radius 1 is 1.32 bits per heavy atom. The highest BCUT2D eigenvalue weighted by Gasteiger charge is 2.34. The second-order valence-electron chi connectivity index (χ2n) is 6.46. The lowest BCUT2D eigenvalue weighted by molar-refractivity contribution is -0.138. The van der Waals surface area contributed by atoms with Gasteiger partial charge in [-0.2, -0.15) is 13.2 Å². The predicted molar refractivity (Wildman–Crippen MR) is 88.6 cm³/mol. The van der Waals surface area contributed by atoms with Gasteiger partial charge in [0.15, 0.2) is 0 Å². The highest BCUT2D eigenvalue weighted by molar-refractivity contribution is 5.78. The van der Waals surface area contributed by atoms with Crippen molar-refractivity contribution in [2.75, 3.05) is 6.61 Å². The molecule has 1 amide bonds. The largest absolute Gasteiger partial charge is 0.416 e. The molecule has 3 atom stereocenters. The fraction of sp³-hybridized carbons (Fsp3) is 0.611. The first-order valence-corrected chi connectivity index (χ1v) is 8.63. The molecule has 2 rings (SSSR count). The Hall–Kier alpha value is -1.60. The summed E-state index contributed by atoms with van der Waals surface area (Å²) in [6, 6.07) is 5.18. The number of nitrogens with two attached hydrogens (primary N) is 1. The Bertz CT molecular complexity index is 578. The van der Waals surface area contributed by atoms with E-state index in [4.69, 9.17) is 10.5 Å². The molecule has 1 saturated carbocycles. The Morgan fingerprint density at radius 3 is 2.72 bits per heavy atom. The standard InChI is InChI=1S/C18H25F3N2O2/c1-2-9-25-16-10-12(7-8-15(16)22)17(24)23-11-13-5-3-4-6-14(13)18(19,20)21/h3-6,12,15-16H,2,7-11,22H2,1H3,(H,23,24)/t12-,15-,16-/m0/s1. The molecule has 1 fully saturated rings. The number of halogens is 3. The van der Waals surface area contributed by atoms with Crippen molar-refractivity contribution in [1.82, 2.24) is 5.32 Å². The summed E-state index contributed by atoms with van der Waals surface area (Å²) in [6.45, 7) is 2.44. The lowest BCUT2D eigenvalue weighted by atomic mass is 9.83. The van der Waals surface area contributed by atoms with Crippen molar-refractivity contribution in [3.8, 4) is 0 Å². The van der Waals surface area contributed by atoms with Crippen LogP contribution in [0.3, 0.4) is 0 Å². The number of alkyl halides is 3. The van der Waals surface area contributed by atoms with E-state index in [1.54, 1.807) is 0 Å². The van der Waals surface area contributed by atoms with Gasteiger partial charge in [0.1, 0.15) is 0 Å². The van der Waals surface area contributed by atoms with Gasteiger partial charge < -0.3 is 15.8 Å². The minimum atomic E-state index is -4.43. The zero-order valence-electron chi connectivity index (χ0n) is 14.3. The van der Waals surface area contributed by atoms with Crippen molar-refractivity contribution in [1.29, 1.82) is 0 Å². The van der Waals surface area contributed by atoms with Gasteiger partial charge in [-0.15, -0.1) is 0 Å². The van der Waals surface area contributed by atoms with Crippen LogP contribution in [0.4, 0.5) is 13.2 Å². The number of benzene rings is 1. The van der Waals surface area contributed by atoms with Gasteiger partial charge in [-0.3, -0.25) is 4.79 Å². The molecule has 0 bridgehead atoms. The molecule has 0 spiro atoms. The van der Waals surface area contributed by atoms with Crippen LogP contribution in [0.15, 0.2) is 24.3 Å². The fourth-order valence-electron chi connectivity index (χ4n) is 3.13. The molecule has 1 aromatic rings. The number of ether oxygens (including phenoxy) is 1. The molecule has 1 aromatic carbocycles. The number of carbonyl (C=O) groups excluding carboxylic acids is 1. The Balaban J connectivity index is 1.94. The maximum atomic E-state index is 13.0. The molecule has 25 heavy (non-hydrogen) atoms. The molecule has 0 aliphatic heterocycles. The van der Waals surface area contributed by atoms with Crippen molar-refractivity contribution < 1.29 is 22.7 Å². The second-order valence-corrected chi connectivity index (χ2v) is 6.46. The van der Waals surface area contributed by atoms with Gasteiger partial charge >= 0.3 is 6.18 Å². The minimum Gasteiger partial charge on any atom is -0.377 e. The SMILES string of the molecule is CCCO[C@H]1C[C@@H](C(=O)NCc2ccccc2C(F)(F)F)CC[C@@H]1N. The van der Waals surface area contributed by atoms with Crippen LogP contribution < -0.4 is 11.1 Å². The van der Waals surface area contributed by atoms with Crippen molar-refractivity contribution in [2.24, 2.45) is 11.7 Å². The number of nitrogens with one attached hydrogen (secondary N) is 1. The smallest absolute Gasteiger partial charge is 0.377 e. The van der Waals surface area contributed by atoms with Gasteiger partial charge in [-0.25, -0.2) is 0 Å². The fourth-order valence-corrected chi connectivity index (χ4v) is 3.13. The molecule has 0 saturated heterocycles. The van der Waals surface area contributed by atoms with E-state index < -0.39 is 11.7 Å². The van der Waals surface area contributed by atoms with E-state index >= 15 is 0 Å². The first kappa shape index (κ1) is 19.7. The van der Waals surface area contributed by atoms with Gasteiger partial charge in [-0.1, -0.05) is 25.1 Å². The van der Waals surface area contributed by atoms with E-state index in [0.29, 0.717) is 25.9 Å². The molecule has 4 nitrogen and oxygen atoms in total. The summed E-state index contributed by atoms with van der Waals surface area (Å²) in [5.74, 6) is -0.520. The third-order valence-electron chi connectivity index (χ3n) is 4.53. The molecule has 0 heterocycles. The van der Waals surface area contributed by atoms with Gasteiger partial charge in [-0.05, 0) is 37.3 Å². The van der Waals surface area contributed by atoms with Crippen LogP contribution in [-0.2, 0) is 22.3 Å². The zero-order chi connectivity index (χ0) is 18.4. The summed E-state index contributed by atoms with van der Waals surface area (Å²) in [5.41, 5.74) is 5.38. The van der Waals surface area contributed by atoms with Crippen LogP contribution >= 0.6 is 0 Å². The quantitative estimate of drug-likeness (QED) is 0.820. The monoisotopic (exact) mass is 358 g/mol. The van der Waals surface area contributed by atoms with Crippen LogP contribution in [0.1, 0.15) is 43.7 Å². The molecule has 0 aromatic heterocycles. The molecule has 0 radical (unpaired) electrons. The molecule has 0 unspecified atom stereocenters. The minimum absolute atomic E-state index is 0.0645. The Morgan fingerprint density at radius 2 is 2.04 bits per heavy atom. The average molecular weight is 358 g/mol. The molecule has 1 aliphatic rings. The van der Waals surface area contributed by atoms with Crippen molar-refractivity contribution >= 4 is 5.91 Å². The summed E-state index contributed by atoms with van der Waals surface area (Å²) in [5, 5.41) is 2.64. The first-order chi connectivity index (χ1) is 11.8. The number of carbonyl (C=O) groups is 1. The number of hydrogen-bond donors (Lipinski definition) is 2. The maximum absolute atomic E-state index is 13.0. The summed E-state index contributed by atoms with van der Waals surface area (Å²) in [7, 11) is 0. The molecular formula is C18H25F3N2O2. The lowest BCUT2D eigenvalue weighted by Crippen LogP contribution is -2.45. The van der Waals surface area contributed by atoms with Gasteiger partial charge in [0.2, 0.25) is 5.91 Å². The van der Waals surface area contributed by atoms with Gasteiger partial charge in [0, 0.05) is 25.1 Å². The van der Waals surface area contributed by atoms with Gasteiger partial charge in [0.25, 0.3) is 0 Å². The normalized spacial score (nSPS) is 24.1. The number of rotatable bonds is 6. The number of hydrogen-bond acceptors (Lipinski definition) is 3. The maximum Gasteiger partial charge on any atom is 0.416 e. The highest BCUT2D eigenvalue weighted by Crippen LogP contribution is 2.32. The summed E-state index contributed by atoms with van der Waals surface area (Å²) in [4.78, 5) is 12.4. The first-order valence-electron chi connectivity index (χ1n) is 8.63. The average Bonchev–Trinajstić information content (AvgIpc) is 2.58. The summed E-state index contributed by atoms with van der Waals surface area (Å²) >= 11 is 0. The molecular weight excluding hydrogens is 333 g/mol. The van der Waals surface area contributed by atoms with Crippen LogP contribution in [0, 0.1) is 5.92 Å². The molecule has 1 aliphatic carbocycles. The van der Waals surface area contributed by atoms with E-state index in [1.165, 1.54) is 18.2 Å². The van der Waals surface area contributed by atoms with Crippen LogP contribution in [0.25, 0.3) is 0 Å². The predicted octanol–water partition coefficient (Wildman–Crippen LogP) is 3.24. The van der Waals surface area contributed by atoms with Crippen LogP contribution in [-0.4, -0.2) is 24.7 Å². The van der Waals surface area contributed by atoms with E-state index in [2.05, 4.69) is 5.32 Å². The Kier molecular flexibility index (Phi) is 6.84. The topological polar surface area (TPSA) is 64.3 Å². The van der Waals surface area contributed by atoms with E-state index in [9.17, 15) is 18.0 Å². The lowest BCUT2D eigenvalue weighted by Gasteiger charge is -2.33. The van der Waals surface area contributed by atoms with Crippen molar-refractivity contribution in [2.45, 2.75) is 57.5 Å². The number of amides is 1. The summed E-state index contributed by atoms with van der Waals surface area (Å²) < 4.78 is 44.7. The third-order valence-corrected chi connectivity index (χ3v) is 4.53. The Labute approximate surface area is 145 Å². The van der Waals surface area contributed by atoms with E-state index in [-0.39, 0.29) is 36.1 Å². The molecule has 7 heteroatoms. The van der Waals surface area contributed by atoms with Crippen LogP contribution in [0.2, 0.25) is 0 Å². The van der Waals surface area contributed by atoms with Gasteiger partial charge in [0.05, 0.1) is 11.7 Å². The second kappa shape index (κ2) is 8.67. The van der Waals surface area contributed by atoms with Crippen LogP contribution in [0.5, 0.6) is 0 Å². The zero-order valence-corrected chi connectivity index (χ0v) is 14.3. The van der Waals surface area contributed by atoms with Crippen molar-refractivity contribution in [3.63, 3.8) is 0 Å². The summed E-state index contributed by atoms with van der Waals surface area (Å²) in [6.07, 6.45) is -1.93. The van der Waals surface area contributed by atoms with E-state index in [1.807, 2.05) is 6.92 Å². The van der Waals surface area contributed by atoms with E-state index in [0.717, 1.165) is 12.5 Å².